The Bertz CT molecular complexity index is 888. The van der Waals surface area contributed by atoms with Crippen LogP contribution in [0.1, 0.15) is 16.2 Å². The predicted molar refractivity (Wildman–Crippen MR) is 86.3 cm³/mol. The molecule has 0 fully saturated rings. The Labute approximate surface area is 136 Å². The van der Waals surface area contributed by atoms with Gasteiger partial charge in [0.25, 0.3) is 5.91 Å². The molecule has 0 bridgehead atoms. The minimum atomic E-state index is -0.563. The van der Waals surface area contributed by atoms with E-state index in [2.05, 4.69) is 15.5 Å². The quantitative estimate of drug-likeness (QED) is 0.724. The van der Waals surface area contributed by atoms with Gasteiger partial charge in [-0.2, -0.15) is 5.10 Å². The van der Waals surface area contributed by atoms with E-state index < -0.39 is 11.7 Å². The van der Waals surface area contributed by atoms with Gasteiger partial charge in [0.2, 0.25) is 0 Å². The van der Waals surface area contributed by atoms with Gasteiger partial charge < -0.3 is 5.32 Å². The topological polar surface area (TPSA) is 62.7 Å². The van der Waals surface area contributed by atoms with Crippen molar-refractivity contribution in [1.82, 2.24) is 20.1 Å². The van der Waals surface area contributed by atoms with E-state index in [1.54, 1.807) is 10.6 Å². The Balaban J connectivity index is 1.81. The standard InChI is InChI=1S/C16H13FN4OS/c17-13-9-5-4-8-12(13)15(22)18-10-14-19-20-16(23)21(14)11-6-2-1-3-7-11/h1-9H,10H2,(H,18,22)(H,20,23). The lowest BCUT2D eigenvalue weighted by atomic mass is 10.2. The molecule has 23 heavy (non-hydrogen) atoms. The highest BCUT2D eigenvalue weighted by atomic mass is 32.1. The second-order valence-corrected chi connectivity index (χ2v) is 5.17. The first-order valence-corrected chi connectivity index (χ1v) is 7.32. The largest absolute Gasteiger partial charge is 0.345 e. The van der Waals surface area contributed by atoms with Crippen LogP contribution in [0.4, 0.5) is 4.39 Å². The number of halogens is 1. The van der Waals surface area contributed by atoms with Crippen molar-refractivity contribution in [2.45, 2.75) is 6.54 Å². The third kappa shape index (κ3) is 3.19. The molecule has 0 saturated heterocycles. The fraction of sp³-hybridized carbons (Fsp3) is 0.0625. The summed E-state index contributed by atoms with van der Waals surface area (Å²) >= 11 is 5.22. The van der Waals surface area contributed by atoms with E-state index >= 15 is 0 Å². The Morgan fingerprint density at radius 1 is 1.17 bits per heavy atom. The van der Waals surface area contributed by atoms with Crippen LogP contribution < -0.4 is 5.32 Å². The van der Waals surface area contributed by atoms with Crippen molar-refractivity contribution in [2.75, 3.05) is 0 Å². The van der Waals surface area contributed by atoms with Gasteiger partial charge >= 0.3 is 0 Å². The Morgan fingerprint density at radius 3 is 2.61 bits per heavy atom. The summed E-state index contributed by atoms with van der Waals surface area (Å²) in [4.78, 5) is 12.1. The molecule has 0 atom stereocenters. The molecule has 0 spiro atoms. The minimum absolute atomic E-state index is 0.00658. The van der Waals surface area contributed by atoms with E-state index in [1.165, 1.54) is 18.2 Å². The molecule has 116 valence electrons. The van der Waals surface area contributed by atoms with E-state index in [4.69, 9.17) is 12.2 Å². The number of aromatic nitrogens is 3. The molecular weight excluding hydrogens is 315 g/mol. The molecule has 2 N–H and O–H groups in total. The third-order valence-electron chi connectivity index (χ3n) is 3.28. The van der Waals surface area contributed by atoms with Crippen LogP contribution in [0.15, 0.2) is 54.6 Å². The monoisotopic (exact) mass is 328 g/mol. The Kier molecular flexibility index (Phi) is 4.29. The van der Waals surface area contributed by atoms with Gasteiger partial charge in [-0.15, -0.1) is 0 Å². The molecule has 0 saturated carbocycles. The van der Waals surface area contributed by atoms with Gasteiger partial charge in [0.15, 0.2) is 10.6 Å². The van der Waals surface area contributed by atoms with Crippen molar-refractivity contribution in [3.05, 3.63) is 76.6 Å². The number of benzene rings is 2. The second-order valence-electron chi connectivity index (χ2n) is 4.78. The van der Waals surface area contributed by atoms with Gasteiger partial charge in [-0.1, -0.05) is 30.3 Å². The number of H-pyrrole nitrogens is 1. The van der Waals surface area contributed by atoms with Gasteiger partial charge in [0.1, 0.15) is 5.82 Å². The van der Waals surface area contributed by atoms with Crippen molar-refractivity contribution in [2.24, 2.45) is 0 Å². The molecule has 1 heterocycles. The summed E-state index contributed by atoms with van der Waals surface area (Å²) in [5.41, 5.74) is 0.828. The van der Waals surface area contributed by atoms with Crippen LogP contribution >= 0.6 is 12.2 Å². The van der Waals surface area contributed by atoms with Crippen LogP contribution in [0.3, 0.4) is 0 Å². The van der Waals surface area contributed by atoms with E-state index in [0.29, 0.717) is 10.6 Å². The smallest absolute Gasteiger partial charge is 0.254 e. The number of nitrogens with zero attached hydrogens (tertiary/aromatic N) is 2. The number of hydrogen-bond donors (Lipinski definition) is 2. The summed E-state index contributed by atoms with van der Waals surface area (Å²) in [7, 11) is 0. The fourth-order valence-corrected chi connectivity index (χ4v) is 2.45. The zero-order valence-electron chi connectivity index (χ0n) is 12.0. The van der Waals surface area contributed by atoms with Crippen molar-refractivity contribution < 1.29 is 9.18 Å². The zero-order valence-corrected chi connectivity index (χ0v) is 12.8. The number of hydrogen-bond acceptors (Lipinski definition) is 3. The van der Waals surface area contributed by atoms with Gasteiger partial charge in [-0.3, -0.25) is 14.5 Å². The third-order valence-corrected chi connectivity index (χ3v) is 3.56. The average molecular weight is 328 g/mol. The average Bonchev–Trinajstić information content (AvgIpc) is 2.94. The number of nitrogens with one attached hydrogen (secondary N) is 2. The number of aromatic amines is 1. The fourth-order valence-electron chi connectivity index (χ4n) is 2.19. The second kappa shape index (κ2) is 6.53. The molecule has 7 heteroatoms. The lowest BCUT2D eigenvalue weighted by Gasteiger charge is -2.08. The molecular formula is C16H13FN4OS. The van der Waals surface area contributed by atoms with E-state index in [1.807, 2.05) is 30.3 Å². The first-order chi connectivity index (χ1) is 11.2. The number of carbonyl (C=O) groups is 1. The summed E-state index contributed by atoms with van der Waals surface area (Å²) in [5, 5.41) is 9.47. The summed E-state index contributed by atoms with van der Waals surface area (Å²) in [6.07, 6.45) is 0. The number of carbonyl (C=O) groups excluding carboxylic acids is 1. The van der Waals surface area contributed by atoms with Crippen LogP contribution in [0, 0.1) is 10.6 Å². The normalized spacial score (nSPS) is 10.5. The molecule has 3 rings (SSSR count). The van der Waals surface area contributed by atoms with Crippen molar-refractivity contribution in [1.29, 1.82) is 0 Å². The summed E-state index contributed by atoms with van der Waals surface area (Å²) in [6, 6.07) is 15.2. The first-order valence-electron chi connectivity index (χ1n) is 6.91. The molecule has 0 aliphatic carbocycles. The van der Waals surface area contributed by atoms with Crippen LogP contribution in [0.25, 0.3) is 5.69 Å². The number of rotatable bonds is 4. The van der Waals surface area contributed by atoms with Crippen LogP contribution in [0.5, 0.6) is 0 Å². The number of para-hydroxylation sites is 1. The first kappa shape index (κ1) is 15.1. The van der Waals surface area contributed by atoms with Gasteiger partial charge in [-0.25, -0.2) is 4.39 Å². The molecule has 0 unspecified atom stereocenters. The van der Waals surface area contributed by atoms with E-state index in [0.717, 1.165) is 5.69 Å². The molecule has 0 aliphatic rings. The van der Waals surface area contributed by atoms with Gasteiger partial charge in [0.05, 0.1) is 12.1 Å². The summed E-state index contributed by atoms with van der Waals surface area (Å²) in [5.74, 6) is -0.533. The molecule has 3 aromatic rings. The van der Waals surface area contributed by atoms with E-state index in [9.17, 15) is 9.18 Å². The molecule has 1 amide bonds. The highest BCUT2D eigenvalue weighted by Gasteiger charge is 2.13. The van der Waals surface area contributed by atoms with Gasteiger partial charge in [-0.05, 0) is 36.5 Å². The summed E-state index contributed by atoms with van der Waals surface area (Å²) < 4.78 is 15.8. The molecule has 2 aromatic carbocycles. The maximum Gasteiger partial charge on any atom is 0.254 e. The maximum atomic E-state index is 13.6. The maximum absolute atomic E-state index is 13.6. The SMILES string of the molecule is O=C(NCc1n[nH]c(=S)n1-c1ccccc1)c1ccccc1F. The van der Waals surface area contributed by atoms with Gasteiger partial charge in [0, 0.05) is 5.69 Å². The molecule has 5 nitrogen and oxygen atoms in total. The van der Waals surface area contributed by atoms with Crippen molar-refractivity contribution in [3.63, 3.8) is 0 Å². The van der Waals surface area contributed by atoms with Crippen LogP contribution in [-0.4, -0.2) is 20.7 Å². The molecule has 0 radical (unpaired) electrons. The van der Waals surface area contributed by atoms with E-state index in [-0.39, 0.29) is 12.1 Å². The number of amides is 1. The lowest BCUT2D eigenvalue weighted by Crippen LogP contribution is -2.25. The molecule has 1 aromatic heterocycles. The Morgan fingerprint density at radius 2 is 1.87 bits per heavy atom. The summed E-state index contributed by atoms with van der Waals surface area (Å²) in [6.45, 7) is 0.120. The van der Waals surface area contributed by atoms with Crippen molar-refractivity contribution in [3.8, 4) is 5.69 Å². The highest BCUT2D eigenvalue weighted by Crippen LogP contribution is 2.11. The molecule has 0 aliphatic heterocycles. The lowest BCUT2D eigenvalue weighted by molar-refractivity contribution is 0.0945. The highest BCUT2D eigenvalue weighted by molar-refractivity contribution is 7.71. The minimum Gasteiger partial charge on any atom is -0.345 e. The predicted octanol–water partition coefficient (Wildman–Crippen LogP) is 3.00. The zero-order chi connectivity index (χ0) is 16.2. The van der Waals surface area contributed by atoms with Crippen LogP contribution in [-0.2, 0) is 6.54 Å². The van der Waals surface area contributed by atoms with Crippen LogP contribution in [0.2, 0.25) is 0 Å². The van der Waals surface area contributed by atoms with Crippen molar-refractivity contribution >= 4 is 18.1 Å². The Hall–Kier alpha value is -2.80.